The first-order chi connectivity index (χ1) is 10.2. The summed E-state index contributed by atoms with van der Waals surface area (Å²) in [7, 11) is -3.97. The molecule has 0 aliphatic rings. The van der Waals surface area contributed by atoms with Crippen molar-refractivity contribution >= 4 is 44.6 Å². The zero-order valence-electron chi connectivity index (χ0n) is 11.2. The largest absolute Gasteiger partial charge is 0.280 e. The predicted molar refractivity (Wildman–Crippen MR) is 85.1 cm³/mol. The molecule has 0 aliphatic carbocycles. The van der Waals surface area contributed by atoms with Crippen molar-refractivity contribution < 1.29 is 13.3 Å². The lowest BCUT2D eigenvalue weighted by Crippen LogP contribution is -2.13. The number of halogens is 2. The van der Waals surface area contributed by atoms with Crippen LogP contribution in [0.4, 0.5) is 11.4 Å². The van der Waals surface area contributed by atoms with E-state index in [1.54, 1.807) is 0 Å². The van der Waals surface area contributed by atoms with E-state index < -0.39 is 14.9 Å². The van der Waals surface area contributed by atoms with Crippen LogP contribution in [0.25, 0.3) is 0 Å². The fourth-order valence-corrected chi connectivity index (χ4v) is 3.09. The highest BCUT2D eigenvalue weighted by Gasteiger charge is 2.20. The van der Waals surface area contributed by atoms with Gasteiger partial charge in [-0.1, -0.05) is 29.3 Å². The number of aryl methyl sites for hydroxylation is 1. The van der Waals surface area contributed by atoms with Gasteiger partial charge in [0.2, 0.25) is 0 Å². The van der Waals surface area contributed by atoms with Gasteiger partial charge in [-0.05, 0) is 31.2 Å². The van der Waals surface area contributed by atoms with Crippen LogP contribution in [0.5, 0.6) is 0 Å². The summed E-state index contributed by atoms with van der Waals surface area (Å²) in [4.78, 5) is 10.1. The fraction of sp³-hybridized carbons (Fsp3) is 0.0769. The molecule has 0 atom stereocenters. The first-order valence-corrected chi connectivity index (χ1v) is 8.17. The van der Waals surface area contributed by atoms with Gasteiger partial charge in [-0.25, -0.2) is 8.42 Å². The van der Waals surface area contributed by atoms with Crippen molar-refractivity contribution in [3.8, 4) is 0 Å². The minimum absolute atomic E-state index is 0.191. The number of benzene rings is 2. The zero-order valence-corrected chi connectivity index (χ0v) is 13.5. The summed E-state index contributed by atoms with van der Waals surface area (Å²) < 4.78 is 26.8. The molecule has 1 N–H and O–H groups in total. The normalized spacial score (nSPS) is 11.2. The molecule has 2 aromatic rings. The summed E-state index contributed by atoms with van der Waals surface area (Å²) in [6.45, 7) is 1.53. The van der Waals surface area contributed by atoms with E-state index in [0.29, 0.717) is 5.56 Å². The molecule has 0 radical (unpaired) electrons. The monoisotopic (exact) mass is 360 g/mol. The van der Waals surface area contributed by atoms with E-state index in [9.17, 15) is 18.5 Å². The van der Waals surface area contributed by atoms with Crippen molar-refractivity contribution in [3.05, 3.63) is 62.1 Å². The van der Waals surface area contributed by atoms with E-state index in [1.807, 2.05) is 0 Å². The number of hydrogen-bond donors (Lipinski definition) is 1. The van der Waals surface area contributed by atoms with Crippen LogP contribution in [0.15, 0.2) is 41.3 Å². The number of nitrogens with zero attached hydrogens (tertiary/aromatic N) is 1. The number of sulfonamides is 1. The Kier molecular flexibility index (Phi) is 4.60. The Labute approximate surface area is 136 Å². The van der Waals surface area contributed by atoms with Crippen LogP contribution in [0.1, 0.15) is 5.56 Å². The standard InChI is InChI=1S/C13H10Cl2N2O4S/c1-8-2-4-10(7-13(8)17(18)19)22(20,21)16-9-3-5-11(14)12(15)6-9/h2-7,16H,1H3. The summed E-state index contributed by atoms with van der Waals surface area (Å²) in [6.07, 6.45) is 0. The van der Waals surface area contributed by atoms with Crippen LogP contribution in [-0.4, -0.2) is 13.3 Å². The zero-order chi connectivity index (χ0) is 16.5. The first-order valence-electron chi connectivity index (χ1n) is 5.93. The van der Waals surface area contributed by atoms with E-state index in [0.717, 1.165) is 6.07 Å². The molecule has 0 fully saturated rings. The van der Waals surface area contributed by atoms with Gasteiger partial charge in [0.05, 0.1) is 25.6 Å². The third-order valence-corrected chi connectivity index (χ3v) is 4.98. The van der Waals surface area contributed by atoms with Crippen LogP contribution in [0.2, 0.25) is 10.0 Å². The number of nitro groups is 1. The van der Waals surface area contributed by atoms with Gasteiger partial charge < -0.3 is 0 Å². The molecular formula is C13H10Cl2N2O4S. The summed E-state index contributed by atoms with van der Waals surface area (Å²) in [5, 5.41) is 11.4. The maximum absolute atomic E-state index is 12.3. The highest BCUT2D eigenvalue weighted by Crippen LogP contribution is 2.28. The average Bonchev–Trinajstić information content (AvgIpc) is 2.42. The maximum atomic E-state index is 12.3. The van der Waals surface area contributed by atoms with Crippen LogP contribution in [-0.2, 0) is 10.0 Å². The molecule has 0 unspecified atom stereocenters. The van der Waals surface area contributed by atoms with Gasteiger partial charge in [0.15, 0.2) is 0 Å². The topological polar surface area (TPSA) is 89.3 Å². The van der Waals surface area contributed by atoms with Gasteiger partial charge in [0, 0.05) is 11.6 Å². The highest BCUT2D eigenvalue weighted by molar-refractivity contribution is 7.92. The van der Waals surface area contributed by atoms with E-state index in [1.165, 1.54) is 37.3 Å². The third-order valence-electron chi connectivity index (χ3n) is 2.86. The van der Waals surface area contributed by atoms with Crippen molar-refractivity contribution in [2.24, 2.45) is 0 Å². The smallest absolute Gasteiger partial charge is 0.273 e. The van der Waals surface area contributed by atoms with Gasteiger partial charge >= 0.3 is 0 Å². The molecule has 9 heteroatoms. The minimum Gasteiger partial charge on any atom is -0.280 e. The SMILES string of the molecule is Cc1ccc(S(=O)(=O)Nc2ccc(Cl)c(Cl)c2)cc1[N+](=O)[O-]. The molecule has 0 spiro atoms. The molecule has 116 valence electrons. The molecular weight excluding hydrogens is 351 g/mol. The highest BCUT2D eigenvalue weighted by atomic mass is 35.5. The number of anilines is 1. The number of rotatable bonds is 4. The predicted octanol–water partition coefficient (Wildman–Crippen LogP) is 4.01. The Morgan fingerprint density at radius 3 is 2.36 bits per heavy atom. The Balaban J connectivity index is 2.40. The molecule has 2 aromatic carbocycles. The first kappa shape index (κ1) is 16.5. The summed E-state index contributed by atoms with van der Waals surface area (Å²) in [5.74, 6) is 0. The van der Waals surface area contributed by atoms with Crippen LogP contribution < -0.4 is 4.72 Å². The molecule has 0 aliphatic heterocycles. The molecule has 0 amide bonds. The fourth-order valence-electron chi connectivity index (χ4n) is 1.73. The third kappa shape index (κ3) is 3.49. The van der Waals surface area contributed by atoms with Crippen molar-refractivity contribution in [1.29, 1.82) is 0 Å². The summed E-state index contributed by atoms with van der Waals surface area (Å²) in [5.41, 5.74) is 0.313. The molecule has 0 bridgehead atoms. The second-order valence-electron chi connectivity index (χ2n) is 4.44. The average molecular weight is 361 g/mol. The van der Waals surface area contributed by atoms with E-state index in [-0.39, 0.29) is 26.3 Å². The molecule has 2 rings (SSSR count). The van der Waals surface area contributed by atoms with Gasteiger partial charge in [-0.3, -0.25) is 14.8 Å². The van der Waals surface area contributed by atoms with Gasteiger partial charge in [0.1, 0.15) is 0 Å². The van der Waals surface area contributed by atoms with E-state index >= 15 is 0 Å². The minimum atomic E-state index is -3.97. The maximum Gasteiger partial charge on any atom is 0.273 e. The molecule has 22 heavy (non-hydrogen) atoms. The number of nitro benzene ring substituents is 1. The molecule has 0 aromatic heterocycles. The van der Waals surface area contributed by atoms with Crippen LogP contribution >= 0.6 is 23.2 Å². The summed E-state index contributed by atoms with van der Waals surface area (Å²) >= 11 is 11.6. The van der Waals surface area contributed by atoms with Crippen molar-refractivity contribution in [3.63, 3.8) is 0 Å². The molecule has 0 saturated carbocycles. The Morgan fingerprint density at radius 1 is 1.09 bits per heavy atom. The van der Waals surface area contributed by atoms with Gasteiger partial charge in [0.25, 0.3) is 15.7 Å². The van der Waals surface area contributed by atoms with Gasteiger partial charge in [-0.15, -0.1) is 0 Å². The van der Waals surface area contributed by atoms with Crippen molar-refractivity contribution in [1.82, 2.24) is 0 Å². The molecule has 6 nitrogen and oxygen atoms in total. The molecule has 0 heterocycles. The molecule has 0 saturated heterocycles. The lowest BCUT2D eigenvalue weighted by atomic mass is 10.2. The van der Waals surface area contributed by atoms with Crippen LogP contribution in [0.3, 0.4) is 0 Å². The number of nitrogens with one attached hydrogen (secondary N) is 1. The second kappa shape index (κ2) is 6.12. The van der Waals surface area contributed by atoms with E-state index in [4.69, 9.17) is 23.2 Å². The quantitative estimate of drug-likeness (QED) is 0.658. The number of hydrogen-bond acceptors (Lipinski definition) is 4. The van der Waals surface area contributed by atoms with Crippen molar-refractivity contribution in [2.45, 2.75) is 11.8 Å². The van der Waals surface area contributed by atoms with Gasteiger partial charge in [-0.2, -0.15) is 0 Å². The lowest BCUT2D eigenvalue weighted by Gasteiger charge is -2.09. The lowest BCUT2D eigenvalue weighted by molar-refractivity contribution is -0.385. The summed E-state index contributed by atoms with van der Waals surface area (Å²) in [6, 6.07) is 7.91. The Hall–Kier alpha value is -1.83. The Bertz CT molecular complexity index is 853. The Morgan fingerprint density at radius 2 is 1.77 bits per heavy atom. The van der Waals surface area contributed by atoms with E-state index in [2.05, 4.69) is 4.72 Å². The van der Waals surface area contributed by atoms with Crippen LogP contribution in [0, 0.1) is 17.0 Å². The van der Waals surface area contributed by atoms with Crippen molar-refractivity contribution in [2.75, 3.05) is 4.72 Å². The second-order valence-corrected chi connectivity index (χ2v) is 6.94.